The van der Waals surface area contributed by atoms with Gasteiger partial charge in [-0.1, -0.05) is 6.92 Å². The Kier molecular flexibility index (Phi) is 5.35. The molecule has 0 aliphatic heterocycles. The van der Waals surface area contributed by atoms with Gasteiger partial charge in [0.2, 0.25) is 0 Å². The molecular formula is C12H19FN2O. The van der Waals surface area contributed by atoms with E-state index in [4.69, 9.17) is 4.74 Å². The van der Waals surface area contributed by atoms with Crippen LogP contribution < -0.4 is 5.32 Å². The summed E-state index contributed by atoms with van der Waals surface area (Å²) in [5.41, 5.74) is 0.653. The van der Waals surface area contributed by atoms with Crippen LogP contribution in [0.2, 0.25) is 0 Å². The summed E-state index contributed by atoms with van der Waals surface area (Å²) in [7, 11) is 1.66. The molecule has 0 radical (unpaired) electrons. The second kappa shape index (κ2) is 6.55. The van der Waals surface area contributed by atoms with E-state index in [9.17, 15) is 4.39 Å². The van der Waals surface area contributed by atoms with Crippen molar-refractivity contribution in [1.29, 1.82) is 0 Å². The first-order valence-electron chi connectivity index (χ1n) is 5.54. The molecule has 1 aromatic heterocycles. The Morgan fingerprint density at radius 2 is 2.31 bits per heavy atom. The standard InChI is InChI=1S/C12H19FN2O/c1-4-15-12(7-9(2)16-3)10-5-6-14-8-11(10)13/h5-6,8-9,12,15H,4,7H2,1-3H3. The maximum atomic E-state index is 13.6. The van der Waals surface area contributed by atoms with Crippen LogP contribution in [0.3, 0.4) is 0 Å². The number of halogens is 1. The van der Waals surface area contributed by atoms with E-state index in [-0.39, 0.29) is 18.0 Å². The van der Waals surface area contributed by atoms with Crippen molar-refractivity contribution in [2.24, 2.45) is 0 Å². The van der Waals surface area contributed by atoms with E-state index in [0.29, 0.717) is 5.56 Å². The summed E-state index contributed by atoms with van der Waals surface area (Å²) in [4.78, 5) is 3.75. The monoisotopic (exact) mass is 226 g/mol. The van der Waals surface area contributed by atoms with E-state index in [1.165, 1.54) is 6.20 Å². The third kappa shape index (κ3) is 3.54. The lowest BCUT2D eigenvalue weighted by atomic mass is 10.0. The summed E-state index contributed by atoms with van der Waals surface area (Å²) in [6, 6.07) is 1.69. The molecule has 0 aliphatic carbocycles. The highest BCUT2D eigenvalue weighted by Gasteiger charge is 2.17. The first kappa shape index (κ1) is 13.1. The van der Waals surface area contributed by atoms with Crippen molar-refractivity contribution >= 4 is 0 Å². The van der Waals surface area contributed by atoms with Gasteiger partial charge < -0.3 is 10.1 Å². The number of nitrogens with one attached hydrogen (secondary N) is 1. The Morgan fingerprint density at radius 1 is 1.56 bits per heavy atom. The molecule has 0 spiro atoms. The molecule has 0 fully saturated rings. The summed E-state index contributed by atoms with van der Waals surface area (Å²) >= 11 is 0. The smallest absolute Gasteiger partial charge is 0.146 e. The molecule has 0 bridgehead atoms. The molecule has 0 amide bonds. The minimum absolute atomic E-state index is 0.0250. The third-order valence-corrected chi connectivity index (χ3v) is 2.60. The van der Waals surface area contributed by atoms with E-state index < -0.39 is 0 Å². The Bertz CT molecular complexity index is 320. The van der Waals surface area contributed by atoms with Crippen molar-refractivity contribution in [3.8, 4) is 0 Å². The largest absolute Gasteiger partial charge is 0.382 e. The number of ether oxygens (including phenoxy) is 1. The van der Waals surface area contributed by atoms with Crippen molar-refractivity contribution in [2.75, 3.05) is 13.7 Å². The van der Waals surface area contributed by atoms with Crippen molar-refractivity contribution in [3.05, 3.63) is 29.8 Å². The van der Waals surface area contributed by atoms with Gasteiger partial charge in [0.15, 0.2) is 0 Å². The predicted octanol–water partition coefficient (Wildman–Crippen LogP) is 2.30. The van der Waals surface area contributed by atoms with E-state index in [0.717, 1.165) is 13.0 Å². The zero-order chi connectivity index (χ0) is 12.0. The van der Waals surface area contributed by atoms with Crippen LogP contribution in [0.1, 0.15) is 31.9 Å². The third-order valence-electron chi connectivity index (χ3n) is 2.60. The lowest BCUT2D eigenvalue weighted by molar-refractivity contribution is 0.100. The fourth-order valence-corrected chi connectivity index (χ4v) is 1.66. The maximum absolute atomic E-state index is 13.6. The highest BCUT2D eigenvalue weighted by Crippen LogP contribution is 2.21. The van der Waals surface area contributed by atoms with E-state index in [2.05, 4.69) is 10.3 Å². The second-order valence-corrected chi connectivity index (χ2v) is 3.79. The van der Waals surface area contributed by atoms with Crippen LogP contribution in [0.4, 0.5) is 4.39 Å². The van der Waals surface area contributed by atoms with Gasteiger partial charge in [0, 0.05) is 24.9 Å². The quantitative estimate of drug-likeness (QED) is 0.808. The van der Waals surface area contributed by atoms with Gasteiger partial charge in [-0.3, -0.25) is 4.98 Å². The predicted molar refractivity (Wildman–Crippen MR) is 61.7 cm³/mol. The van der Waals surface area contributed by atoms with Crippen LogP contribution in [0, 0.1) is 5.82 Å². The number of aromatic nitrogens is 1. The molecule has 2 unspecified atom stereocenters. The lowest BCUT2D eigenvalue weighted by Crippen LogP contribution is -2.26. The summed E-state index contributed by atoms with van der Waals surface area (Å²) in [5.74, 6) is -0.267. The average molecular weight is 226 g/mol. The Hall–Kier alpha value is -1.00. The zero-order valence-electron chi connectivity index (χ0n) is 10.0. The molecule has 0 aromatic carbocycles. The Morgan fingerprint density at radius 3 is 2.88 bits per heavy atom. The Labute approximate surface area is 96.0 Å². The highest BCUT2D eigenvalue weighted by molar-refractivity contribution is 5.17. The fraction of sp³-hybridized carbons (Fsp3) is 0.583. The molecule has 0 saturated carbocycles. The molecule has 4 heteroatoms. The van der Waals surface area contributed by atoms with Crippen LogP contribution >= 0.6 is 0 Å². The van der Waals surface area contributed by atoms with Gasteiger partial charge >= 0.3 is 0 Å². The zero-order valence-corrected chi connectivity index (χ0v) is 10.0. The average Bonchev–Trinajstić information content (AvgIpc) is 2.29. The van der Waals surface area contributed by atoms with Crippen molar-refractivity contribution in [3.63, 3.8) is 0 Å². The normalized spacial score (nSPS) is 14.8. The van der Waals surface area contributed by atoms with Crippen LogP contribution in [0.25, 0.3) is 0 Å². The van der Waals surface area contributed by atoms with Gasteiger partial charge in [0.25, 0.3) is 0 Å². The van der Waals surface area contributed by atoms with E-state index in [1.807, 2.05) is 13.8 Å². The van der Waals surface area contributed by atoms with Gasteiger partial charge in [-0.25, -0.2) is 4.39 Å². The summed E-state index contributed by atoms with van der Waals surface area (Å²) < 4.78 is 18.8. The van der Waals surface area contributed by atoms with Gasteiger partial charge in [0.05, 0.1) is 12.3 Å². The molecule has 1 heterocycles. The minimum Gasteiger partial charge on any atom is -0.382 e. The van der Waals surface area contributed by atoms with Crippen LogP contribution in [-0.2, 0) is 4.74 Å². The molecule has 1 aromatic rings. The molecule has 90 valence electrons. The van der Waals surface area contributed by atoms with Crippen molar-refractivity contribution in [1.82, 2.24) is 10.3 Å². The number of rotatable bonds is 6. The topological polar surface area (TPSA) is 34.1 Å². The number of hydrogen-bond donors (Lipinski definition) is 1. The Balaban J connectivity index is 2.80. The van der Waals surface area contributed by atoms with Crippen LogP contribution in [0.5, 0.6) is 0 Å². The van der Waals surface area contributed by atoms with Crippen LogP contribution in [0.15, 0.2) is 18.5 Å². The lowest BCUT2D eigenvalue weighted by Gasteiger charge is -2.21. The van der Waals surface area contributed by atoms with Gasteiger partial charge in [-0.05, 0) is 26.0 Å². The molecule has 16 heavy (non-hydrogen) atoms. The van der Waals surface area contributed by atoms with E-state index >= 15 is 0 Å². The summed E-state index contributed by atoms with van der Waals surface area (Å²) in [6.07, 6.45) is 3.69. The number of pyridine rings is 1. The first-order valence-corrected chi connectivity index (χ1v) is 5.54. The van der Waals surface area contributed by atoms with Crippen molar-refractivity contribution < 1.29 is 9.13 Å². The van der Waals surface area contributed by atoms with Gasteiger partial charge in [-0.2, -0.15) is 0 Å². The van der Waals surface area contributed by atoms with Crippen molar-refractivity contribution in [2.45, 2.75) is 32.4 Å². The van der Waals surface area contributed by atoms with Crippen LogP contribution in [-0.4, -0.2) is 24.7 Å². The molecule has 0 aliphatic rings. The second-order valence-electron chi connectivity index (χ2n) is 3.79. The van der Waals surface area contributed by atoms with Gasteiger partial charge in [-0.15, -0.1) is 0 Å². The number of methoxy groups -OCH3 is 1. The summed E-state index contributed by atoms with van der Waals surface area (Å²) in [6.45, 7) is 4.77. The maximum Gasteiger partial charge on any atom is 0.146 e. The molecule has 1 N–H and O–H groups in total. The fourth-order valence-electron chi connectivity index (χ4n) is 1.66. The molecule has 2 atom stereocenters. The molecule has 0 saturated heterocycles. The molecule has 3 nitrogen and oxygen atoms in total. The number of hydrogen-bond acceptors (Lipinski definition) is 3. The number of nitrogens with zero attached hydrogens (tertiary/aromatic N) is 1. The summed E-state index contributed by atoms with van der Waals surface area (Å²) in [5, 5.41) is 3.26. The van der Waals surface area contributed by atoms with E-state index in [1.54, 1.807) is 19.4 Å². The SMILES string of the molecule is CCNC(CC(C)OC)c1ccncc1F. The van der Waals surface area contributed by atoms with Gasteiger partial charge in [0.1, 0.15) is 5.82 Å². The highest BCUT2D eigenvalue weighted by atomic mass is 19.1. The first-order chi connectivity index (χ1) is 7.69. The molecular weight excluding hydrogens is 207 g/mol. The molecule has 1 rings (SSSR count). The minimum atomic E-state index is -0.267.